The summed E-state index contributed by atoms with van der Waals surface area (Å²) in [5.41, 5.74) is 0.220. The normalized spacial score (nSPS) is 15.0. The lowest BCUT2D eigenvalue weighted by atomic mass is 10.0. The minimum Gasteiger partial charge on any atom is -0.483 e. The number of hydrogen-bond donors (Lipinski definition) is 2. The van der Waals surface area contributed by atoms with Gasteiger partial charge in [-0.2, -0.15) is 0 Å². The summed E-state index contributed by atoms with van der Waals surface area (Å²) in [5, 5.41) is 9.98. The van der Waals surface area contributed by atoms with E-state index in [0.29, 0.717) is 11.7 Å². The molecule has 0 aliphatic carbocycles. The van der Waals surface area contributed by atoms with Crippen LogP contribution < -0.4 is 10.1 Å². The molecule has 1 unspecified atom stereocenters. The summed E-state index contributed by atoms with van der Waals surface area (Å²) in [6.45, 7) is 2.17. The highest BCUT2D eigenvalue weighted by Crippen LogP contribution is 2.26. The molecule has 11 heteroatoms. The molecule has 0 radical (unpaired) electrons. The van der Waals surface area contributed by atoms with Crippen LogP contribution in [0.1, 0.15) is 24.9 Å². The molecule has 1 saturated heterocycles. The molecular weight excluding hydrogens is 437 g/mol. The number of likely N-dealkylation sites (tertiary alicyclic amines) is 1. The zero-order chi connectivity index (χ0) is 24.1. The fraction of sp³-hybridized carbons (Fsp3) is 0.364. The van der Waals surface area contributed by atoms with E-state index in [2.05, 4.69) is 15.3 Å². The van der Waals surface area contributed by atoms with Gasteiger partial charge < -0.3 is 25.3 Å². The van der Waals surface area contributed by atoms with Gasteiger partial charge in [-0.25, -0.2) is 27.9 Å². The topological polar surface area (TPSA) is 93.9 Å². The van der Waals surface area contributed by atoms with Gasteiger partial charge in [0.1, 0.15) is 23.6 Å². The third-order valence-corrected chi connectivity index (χ3v) is 5.10. The van der Waals surface area contributed by atoms with Crippen LogP contribution >= 0.6 is 0 Å². The number of amides is 2. The van der Waals surface area contributed by atoms with Crippen LogP contribution in [0.25, 0.3) is 0 Å². The summed E-state index contributed by atoms with van der Waals surface area (Å²) >= 11 is 0. The van der Waals surface area contributed by atoms with Crippen LogP contribution in [0.5, 0.6) is 5.75 Å². The fourth-order valence-corrected chi connectivity index (χ4v) is 3.10. The molecule has 8 nitrogen and oxygen atoms in total. The van der Waals surface area contributed by atoms with Crippen molar-refractivity contribution in [3.8, 4) is 5.75 Å². The summed E-state index contributed by atoms with van der Waals surface area (Å²) in [6.07, 6.45) is 1.72. The van der Waals surface area contributed by atoms with E-state index in [9.17, 15) is 18.0 Å². The minimum absolute atomic E-state index is 0.0164. The van der Waals surface area contributed by atoms with Gasteiger partial charge in [-0.3, -0.25) is 0 Å². The van der Waals surface area contributed by atoms with E-state index in [1.807, 2.05) is 14.1 Å². The van der Waals surface area contributed by atoms with Crippen LogP contribution in [0.4, 0.5) is 23.8 Å². The predicted molar refractivity (Wildman–Crippen MR) is 118 cm³/mol. The van der Waals surface area contributed by atoms with E-state index >= 15 is 0 Å². The summed E-state index contributed by atoms with van der Waals surface area (Å²) in [6, 6.07) is 3.12. The van der Waals surface area contributed by atoms with Crippen LogP contribution in [-0.2, 0) is 0 Å². The predicted octanol–water partition coefficient (Wildman–Crippen LogP) is 3.66. The summed E-state index contributed by atoms with van der Waals surface area (Å²) in [7, 11) is 3.65. The molecule has 2 aromatic rings. The molecule has 176 valence electrons. The number of urea groups is 1. The largest absolute Gasteiger partial charge is 0.483 e. The summed E-state index contributed by atoms with van der Waals surface area (Å²) in [5.74, 6) is -1.21. The molecule has 1 aliphatic rings. The van der Waals surface area contributed by atoms with Crippen LogP contribution in [0, 0.1) is 22.9 Å². The molecule has 1 aliphatic heterocycles. The van der Waals surface area contributed by atoms with Gasteiger partial charge in [-0.05, 0) is 30.8 Å². The molecule has 1 atom stereocenters. The number of amidine groups is 1. The number of hydrogen-bond acceptors (Lipinski definition) is 5. The highest BCUT2D eigenvalue weighted by atomic mass is 19.1. The van der Waals surface area contributed by atoms with E-state index in [0.717, 1.165) is 30.6 Å². The zero-order valence-corrected chi connectivity index (χ0v) is 18.5. The maximum atomic E-state index is 14.1. The number of benzene rings is 1. The number of nitrogens with zero attached hydrogens (tertiary/aromatic N) is 4. The van der Waals surface area contributed by atoms with Crippen molar-refractivity contribution in [3.63, 3.8) is 0 Å². The molecule has 2 N–H and O–H groups in total. The number of carbonyl (C=O) groups excluding carboxylic acids is 1. The summed E-state index contributed by atoms with van der Waals surface area (Å²) in [4.78, 5) is 24.0. The van der Waals surface area contributed by atoms with Crippen LogP contribution in [0.15, 0.2) is 35.5 Å². The molecule has 1 aromatic carbocycles. The molecule has 0 saturated carbocycles. The van der Waals surface area contributed by atoms with Crippen LogP contribution in [0.2, 0.25) is 0 Å². The SMILES string of the molecule is CC(=Nc1cc(OC2CN(C(=O)NC(CC=N)c3cc(F)cc(F)c3)C2)c(F)cn1)N(C)C. The lowest BCUT2D eigenvalue weighted by Gasteiger charge is -2.39. The second-order valence-corrected chi connectivity index (χ2v) is 7.82. The zero-order valence-electron chi connectivity index (χ0n) is 18.5. The second kappa shape index (κ2) is 10.3. The van der Waals surface area contributed by atoms with Gasteiger partial charge in [0, 0.05) is 32.6 Å². The molecule has 33 heavy (non-hydrogen) atoms. The van der Waals surface area contributed by atoms with Gasteiger partial charge >= 0.3 is 6.03 Å². The Morgan fingerprint density at radius 1 is 1.30 bits per heavy atom. The Bertz CT molecular complexity index is 1040. The lowest BCUT2D eigenvalue weighted by Crippen LogP contribution is -2.59. The number of pyridine rings is 1. The number of aliphatic imine (C=N–C) groups is 1. The van der Waals surface area contributed by atoms with Gasteiger partial charge in [0.15, 0.2) is 17.4 Å². The first kappa shape index (κ1) is 24.0. The Balaban J connectivity index is 1.60. The number of carbonyl (C=O) groups is 1. The van der Waals surface area contributed by atoms with Crippen molar-refractivity contribution in [2.45, 2.75) is 25.5 Å². The van der Waals surface area contributed by atoms with E-state index in [1.165, 1.54) is 11.0 Å². The van der Waals surface area contributed by atoms with Gasteiger partial charge in [0.05, 0.1) is 25.3 Å². The standard InChI is InChI=1S/C22H25F3N6O2/c1-13(30(2)3)28-21-9-20(18(25)10-27-21)33-17-11-31(12-17)22(32)29-19(4-5-26)14-6-15(23)8-16(24)7-14/h5-10,17,19,26H,4,11-12H2,1-3H3,(H,29,32). The Morgan fingerprint density at radius 3 is 2.58 bits per heavy atom. The molecular formula is C22H25F3N6O2. The molecule has 2 heterocycles. The van der Waals surface area contributed by atoms with Gasteiger partial charge in [-0.1, -0.05) is 0 Å². The molecule has 3 rings (SSSR count). The maximum Gasteiger partial charge on any atom is 0.318 e. The quantitative estimate of drug-likeness (QED) is 0.485. The van der Waals surface area contributed by atoms with Crippen molar-refractivity contribution in [1.29, 1.82) is 5.41 Å². The van der Waals surface area contributed by atoms with Crippen molar-refractivity contribution in [1.82, 2.24) is 20.1 Å². The number of ether oxygens (including phenoxy) is 1. The Labute approximate surface area is 189 Å². The maximum absolute atomic E-state index is 14.1. The van der Waals surface area contributed by atoms with Gasteiger partial charge in [0.25, 0.3) is 0 Å². The van der Waals surface area contributed by atoms with Crippen molar-refractivity contribution in [2.75, 3.05) is 27.2 Å². The van der Waals surface area contributed by atoms with Crippen molar-refractivity contribution in [2.24, 2.45) is 4.99 Å². The third kappa shape index (κ3) is 6.21. The highest BCUT2D eigenvalue weighted by Gasteiger charge is 2.34. The minimum atomic E-state index is -0.768. The first-order valence-electron chi connectivity index (χ1n) is 10.2. The Hall–Kier alpha value is -3.63. The molecule has 0 spiro atoms. The van der Waals surface area contributed by atoms with Crippen molar-refractivity contribution in [3.05, 3.63) is 53.5 Å². The number of aromatic nitrogens is 1. The smallest absolute Gasteiger partial charge is 0.318 e. The first-order valence-corrected chi connectivity index (χ1v) is 10.2. The third-order valence-electron chi connectivity index (χ3n) is 5.10. The molecule has 1 fully saturated rings. The van der Waals surface area contributed by atoms with E-state index in [1.54, 1.807) is 11.8 Å². The van der Waals surface area contributed by atoms with Crippen LogP contribution in [0.3, 0.4) is 0 Å². The molecule has 2 amide bonds. The van der Waals surface area contributed by atoms with Crippen molar-refractivity contribution < 1.29 is 22.7 Å². The number of halogens is 3. The van der Waals surface area contributed by atoms with Crippen molar-refractivity contribution >= 4 is 23.9 Å². The Kier molecular flexibility index (Phi) is 7.52. The van der Waals surface area contributed by atoms with E-state index in [-0.39, 0.29) is 30.8 Å². The van der Waals surface area contributed by atoms with E-state index < -0.39 is 35.6 Å². The first-order chi connectivity index (χ1) is 15.7. The van der Waals surface area contributed by atoms with Gasteiger partial charge in [0.2, 0.25) is 0 Å². The summed E-state index contributed by atoms with van der Waals surface area (Å²) < 4.78 is 46.9. The molecule has 0 bridgehead atoms. The average Bonchev–Trinajstić information content (AvgIpc) is 2.71. The lowest BCUT2D eigenvalue weighted by molar-refractivity contribution is 0.0409. The second-order valence-electron chi connectivity index (χ2n) is 7.82. The van der Waals surface area contributed by atoms with E-state index in [4.69, 9.17) is 10.1 Å². The number of nitrogens with one attached hydrogen (secondary N) is 2. The van der Waals surface area contributed by atoms with Gasteiger partial charge in [-0.15, -0.1) is 0 Å². The number of rotatable bonds is 7. The Morgan fingerprint density at radius 2 is 1.97 bits per heavy atom. The highest BCUT2D eigenvalue weighted by molar-refractivity contribution is 5.81. The molecule has 1 aromatic heterocycles. The van der Waals surface area contributed by atoms with Crippen LogP contribution in [-0.4, -0.2) is 66.2 Å². The fourth-order valence-electron chi connectivity index (χ4n) is 3.10. The average molecular weight is 462 g/mol. The monoisotopic (exact) mass is 462 g/mol.